The molecule has 20 heavy (non-hydrogen) atoms. The fourth-order valence-corrected chi connectivity index (χ4v) is 3.38. The summed E-state index contributed by atoms with van der Waals surface area (Å²) in [7, 11) is 0. The summed E-state index contributed by atoms with van der Waals surface area (Å²) in [6.07, 6.45) is 2.43. The largest absolute Gasteiger partial charge is 0.329 e. The number of hydrogen-bond acceptors (Lipinski definition) is 3. The molecule has 1 aliphatic heterocycles. The quantitative estimate of drug-likeness (QED) is 0.861. The van der Waals surface area contributed by atoms with E-state index in [1.54, 1.807) is 0 Å². The monoisotopic (exact) mass is 275 g/mol. The van der Waals surface area contributed by atoms with Crippen LogP contribution in [0.2, 0.25) is 0 Å². The van der Waals surface area contributed by atoms with E-state index in [1.165, 1.54) is 24.9 Å². The van der Waals surface area contributed by atoms with Gasteiger partial charge in [0.05, 0.1) is 0 Å². The van der Waals surface area contributed by atoms with Crippen molar-refractivity contribution in [1.29, 1.82) is 0 Å². The zero-order chi connectivity index (χ0) is 14.4. The van der Waals surface area contributed by atoms with Crippen molar-refractivity contribution in [3.63, 3.8) is 0 Å². The third-order valence-electron chi connectivity index (χ3n) is 4.35. The van der Waals surface area contributed by atoms with Gasteiger partial charge in [0.2, 0.25) is 0 Å². The summed E-state index contributed by atoms with van der Waals surface area (Å²) >= 11 is 0. The molecule has 1 saturated heterocycles. The van der Waals surface area contributed by atoms with Gasteiger partial charge in [-0.15, -0.1) is 0 Å². The van der Waals surface area contributed by atoms with E-state index in [4.69, 9.17) is 5.73 Å². The summed E-state index contributed by atoms with van der Waals surface area (Å²) in [4.78, 5) is 5.17. The molecule has 3 nitrogen and oxygen atoms in total. The van der Waals surface area contributed by atoms with E-state index in [2.05, 4.69) is 54.0 Å². The third-order valence-corrected chi connectivity index (χ3v) is 4.35. The standard InChI is InChI=1S/C17H29N3/c1-15-13-19(12-10-18)14-16(2)20(15)11-6-9-17-7-4-3-5-8-17/h3-5,7-8,15-16H,6,9-14,18H2,1-2H3/t15-,16+. The molecule has 0 saturated carbocycles. The Labute approximate surface area is 123 Å². The summed E-state index contributed by atoms with van der Waals surface area (Å²) in [5.74, 6) is 0. The molecular weight excluding hydrogens is 246 g/mol. The van der Waals surface area contributed by atoms with Crippen LogP contribution >= 0.6 is 0 Å². The Morgan fingerprint density at radius 3 is 2.30 bits per heavy atom. The van der Waals surface area contributed by atoms with Gasteiger partial charge in [0.1, 0.15) is 0 Å². The highest BCUT2D eigenvalue weighted by atomic mass is 15.3. The molecule has 0 unspecified atom stereocenters. The van der Waals surface area contributed by atoms with Gasteiger partial charge in [-0.05, 0) is 38.8 Å². The lowest BCUT2D eigenvalue weighted by Crippen LogP contribution is -2.57. The molecule has 0 radical (unpaired) electrons. The summed E-state index contributed by atoms with van der Waals surface area (Å²) < 4.78 is 0. The van der Waals surface area contributed by atoms with E-state index < -0.39 is 0 Å². The van der Waals surface area contributed by atoms with Crippen molar-refractivity contribution in [2.45, 2.75) is 38.8 Å². The lowest BCUT2D eigenvalue weighted by Gasteiger charge is -2.44. The van der Waals surface area contributed by atoms with Crippen LogP contribution in [0.25, 0.3) is 0 Å². The van der Waals surface area contributed by atoms with Gasteiger partial charge in [-0.3, -0.25) is 9.80 Å². The van der Waals surface area contributed by atoms with Gasteiger partial charge in [0.15, 0.2) is 0 Å². The molecule has 112 valence electrons. The first-order valence-corrected chi connectivity index (χ1v) is 7.92. The first-order valence-electron chi connectivity index (χ1n) is 7.92. The van der Waals surface area contributed by atoms with Gasteiger partial charge in [-0.2, -0.15) is 0 Å². The Balaban J connectivity index is 1.78. The van der Waals surface area contributed by atoms with Crippen LogP contribution < -0.4 is 5.73 Å². The predicted octanol–water partition coefficient (Wildman–Crippen LogP) is 1.97. The Morgan fingerprint density at radius 2 is 1.70 bits per heavy atom. The molecular formula is C17H29N3. The highest BCUT2D eigenvalue weighted by molar-refractivity contribution is 5.14. The highest BCUT2D eigenvalue weighted by Crippen LogP contribution is 2.16. The van der Waals surface area contributed by atoms with Crippen LogP contribution in [-0.2, 0) is 6.42 Å². The van der Waals surface area contributed by atoms with Gasteiger partial charge in [-0.25, -0.2) is 0 Å². The molecule has 0 amide bonds. The molecule has 1 fully saturated rings. The molecule has 2 rings (SSSR count). The average Bonchev–Trinajstić information content (AvgIpc) is 2.43. The molecule has 1 heterocycles. The van der Waals surface area contributed by atoms with Crippen LogP contribution in [-0.4, -0.2) is 54.6 Å². The van der Waals surface area contributed by atoms with E-state index >= 15 is 0 Å². The van der Waals surface area contributed by atoms with Crippen LogP contribution in [0.1, 0.15) is 25.8 Å². The van der Waals surface area contributed by atoms with E-state index in [1.807, 2.05) is 0 Å². The number of rotatable bonds is 6. The van der Waals surface area contributed by atoms with E-state index in [0.29, 0.717) is 12.1 Å². The summed E-state index contributed by atoms with van der Waals surface area (Å²) in [6.45, 7) is 10.0. The van der Waals surface area contributed by atoms with Crippen molar-refractivity contribution in [3.05, 3.63) is 35.9 Å². The lowest BCUT2D eigenvalue weighted by molar-refractivity contribution is 0.0399. The maximum absolute atomic E-state index is 5.67. The van der Waals surface area contributed by atoms with Crippen LogP contribution in [0.4, 0.5) is 0 Å². The van der Waals surface area contributed by atoms with Crippen LogP contribution in [0.3, 0.4) is 0 Å². The minimum absolute atomic E-state index is 0.640. The van der Waals surface area contributed by atoms with Crippen molar-refractivity contribution in [2.24, 2.45) is 5.73 Å². The zero-order valence-corrected chi connectivity index (χ0v) is 13.0. The molecule has 0 aliphatic carbocycles. The number of nitrogens with two attached hydrogens (primary N) is 1. The fraction of sp³-hybridized carbons (Fsp3) is 0.647. The summed E-state index contributed by atoms with van der Waals surface area (Å²) in [6, 6.07) is 12.1. The van der Waals surface area contributed by atoms with Crippen LogP contribution in [0.15, 0.2) is 30.3 Å². The zero-order valence-electron chi connectivity index (χ0n) is 13.0. The Hall–Kier alpha value is -0.900. The molecule has 1 aliphatic rings. The molecule has 2 N–H and O–H groups in total. The van der Waals surface area contributed by atoms with Crippen LogP contribution in [0.5, 0.6) is 0 Å². The smallest absolute Gasteiger partial charge is 0.0198 e. The molecule has 3 heteroatoms. The van der Waals surface area contributed by atoms with Gasteiger partial charge >= 0.3 is 0 Å². The Bertz CT molecular complexity index is 367. The van der Waals surface area contributed by atoms with E-state index in [9.17, 15) is 0 Å². The molecule has 2 atom stereocenters. The van der Waals surface area contributed by atoms with Gasteiger partial charge < -0.3 is 5.73 Å². The predicted molar refractivity (Wildman–Crippen MR) is 85.9 cm³/mol. The number of hydrogen-bond donors (Lipinski definition) is 1. The molecule has 1 aromatic carbocycles. The van der Waals surface area contributed by atoms with Crippen molar-refractivity contribution in [2.75, 3.05) is 32.7 Å². The summed E-state index contributed by atoms with van der Waals surface area (Å²) in [5.41, 5.74) is 7.13. The van der Waals surface area contributed by atoms with Crippen LogP contribution in [0, 0.1) is 0 Å². The maximum Gasteiger partial charge on any atom is 0.0198 e. The minimum atomic E-state index is 0.640. The molecule has 0 spiro atoms. The minimum Gasteiger partial charge on any atom is -0.329 e. The summed E-state index contributed by atoms with van der Waals surface area (Å²) in [5, 5.41) is 0. The number of aryl methyl sites for hydroxylation is 1. The lowest BCUT2D eigenvalue weighted by atomic mass is 10.1. The normalized spacial score (nSPS) is 24.9. The molecule has 0 aromatic heterocycles. The molecule has 1 aromatic rings. The first kappa shape index (κ1) is 15.5. The third kappa shape index (κ3) is 4.30. The first-order chi connectivity index (χ1) is 9.70. The topological polar surface area (TPSA) is 32.5 Å². The van der Waals surface area contributed by atoms with Crippen molar-refractivity contribution in [1.82, 2.24) is 9.80 Å². The van der Waals surface area contributed by atoms with Gasteiger partial charge in [0, 0.05) is 38.3 Å². The maximum atomic E-state index is 5.67. The van der Waals surface area contributed by atoms with E-state index in [-0.39, 0.29) is 0 Å². The number of piperazine rings is 1. The highest BCUT2D eigenvalue weighted by Gasteiger charge is 2.28. The second kappa shape index (κ2) is 7.77. The Kier molecular flexibility index (Phi) is 6.02. The molecule has 0 bridgehead atoms. The van der Waals surface area contributed by atoms with Crippen molar-refractivity contribution < 1.29 is 0 Å². The van der Waals surface area contributed by atoms with Crippen molar-refractivity contribution in [3.8, 4) is 0 Å². The van der Waals surface area contributed by atoms with Gasteiger partial charge in [-0.1, -0.05) is 30.3 Å². The fourth-order valence-electron chi connectivity index (χ4n) is 3.38. The SMILES string of the molecule is C[C@@H]1CN(CCN)C[C@H](C)N1CCCc1ccccc1. The second-order valence-electron chi connectivity index (χ2n) is 6.07. The van der Waals surface area contributed by atoms with Gasteiger partial charge in [0.25, 0.3) is 0 Å². The van der Waals surface area contributed by atoms with E-state index in [0.717, 1.165) is 26.2 Å². The number of benzene rings is 1. The second-order valence-corrected chi connectivity index (χ2v) is 6.07. The Morgan fingerprint density at radius 1 is 1.05 bits per heavy atom. The average molecular weight is 275 g/mol. The number of nitrogens with zero attached hydrogens (tertiary/aromatic N) is 2. The van der Waals surface area contributed by atoms with Crippen molar-refractivity contribution >= 4 is 0 Å².